The van der Waals surface area contributed by atoms with Crippen molar-refractivity contribution >= 4 is 23.2 Å². The molecule has 0 saturated heterocycles. The highest BCUT2D eigenvalue weighted by molar-refractivity contribution is 5.98. The van der Waals surface area contributed by atoms with Crippen molar-refractivity contribution in [1.82, 2.24) is 25.0 Å². The van der Waals surface area contributed by atoms with Crippen LogP contribution in [0.1, 0.15) is 40.9 Å². The summed E-state index contributed by atoms with van der Waals surface area (Å²) in [5.41, 5.74) is 14.7. The minimum atomic E-state index is -0.826. The first-order chi connectivity index (χ1) is 18.9. The average molecular weight is 532 g/mol. The van der Waals surface area contributed by atoms with E-state index in [1.807, 2.05) is 37.3 Å². The third-order valence-electron chi connectivity index (χ3n) is 6.70. The molecular weight excluding hydrogens is 501 g/mol. The maximum absolute atomic E-state index is 15.1. The first kappa shape index (κ1) is 26.2. The number of nitrogens with zero attached hydrogens (tertiary/aromatic N) is 5. The maximum atomic E-state index is 15.1. The van der Waals surface area contributed by atoms with Gasteiger partial charge in [0.1, 0.15) is 11.5 Å². The number of rotatable bonds is 9. The molecule has 1 aliphatic carbocycles. The number of ether oxygens (including phenoxy) is 1. The highest BCUT2D eigenvalue weighted by Gasteiger charge is 2.30. The van der Waals surface area contributed by atoms with E-state index in [-0.39, 0.29) is 35.4 Å². The summed E-state index contributed by atoms with van der Waals surface area (Å²) < 4.78 is 21.2. The first-order valence-corrected chi connectivity index (χ1v) is 12.7. The molecule has 1 aromatic carbocycles. The van der Waals surface area contributed by atoms with Crippen LogP contribution in [0, 0.1) is 12.7 Å². The number of pyridine rings is 2. The van der Waals surface area contributed by atoms with Gasteiger partial charge in [0, 0.05) is 12.1 Å². The Bertz CT molecular complexity index is 1430. The number of nitrogens with one attached hydrogen (secondary N) is 2. The third kappa shape index (κ3) is 6.19. The zero-order valence-corrected chi connectivity index (χ0v) is 21.4. The van der Waals surface area contributed by atoms with E-state index in [0.717, 1.165) is 18.1 Å². The number of hydrogen-bond acceptors (Lipinski definition) is 9. The van der Waals surface area contributed by atoms with Gasteiger partial charge in [-0.1, -0.05) is 30.3 Å². The Kier molecular flexibility index (Phi) is 7.75. The number of hydrogen-bond donors (Lipinski definition) is 4. The van der Waals surface area contributed by atoms with Crippen molar-refractivity contribution in [3.63, 3.8) is 0 Å². The number of anilines is 3. The number of carbonyl (C=O) groups is 1. The van der Waals surface area contributed by atoms with Crippen molar-refractivity contribution < 1.29 is 13.9 Å². The van der Waals surface area contributed by atoms with E-state index in [0.29, 0.717) is 36.5 Å². The summed E-state index contributed by atoms with van der Waals surface area (Å²) in [6.07, 6.45) is 6.73. The van der Waals surface area contributed by atoms with Gasteiger partial charge in [0.25, 0.3) is 5.91 Å². The topological polar surface area (TPSA) is 159 Å². The first-order valence-electron chi connectivity index (χ1n) is 12.7. The minimum Gasteiger partial charge on any atom is -0.373 e. The van der Waals surface area contributed by atoms with Crippen LogP contribution in [0.25, 0.3) is 5.69 Å². The Morgan fingerprint density at radius 1 is 1.15 bits per heavy atom. The number of aryl methyl sites for hydroxylation is 1. The average Bonchev–Trinajstić information content (AvgIpc) is 3.47. The smallest absolute Gasteiger partial charge is 0.252 e. The molecular formula is C27H30FN9O2. The van der Waals surface area contributed by atoms with Crippen molar-refractivity contribution in [3.05, 3.63) is 83.7 Å². The molecule has 11 nitrogen and oxygen atoms in total. The molecule has 0 spiro atoms. The largest absolute Gasteiger partial charge is 0.373 e. The molecule has 12 heteroatoms. The van der Waals surface area contributed by atoms with Crippen molar-refractivity contribution in [2.75, 3.05) is 10.6 Å². The van der Waals surface area contributed by atoms with Crippen LogP contribution in [0.3, 0.4) is 0 Å². The molecule has 0 radical (unpaired) electrons. The molecule has 3 atom stereocenters. The predicted octanol–water partition coefficient (Wildman–Crippen LogP) is 3.22. The lowest BCUT2D eigenvalue weighted by Gasteiger charge is -2.35. The third-order valence-corrected chi connectivity index (χ3v) is 6.70. The van der Waals surface area contributed by atoms with Crippen LogP contribution < -0.4 is 22.1 Å². The fourth-order valence-electron chi connectivity index (χ4n) is 4.58. The van der Waals surface area contributed by atoms with Gasteiger partial charge in [0.15, 0.2) is 11.6 Å². The summed E-state index contributed by atoms with van der Waals surface area (Å²) >= 11 is 0. The molecule has 1 aliphatic rings. The zero-order valence-electron chi connectivity index (χ0n) is 21.4. The van der Waals surface area contributed by atoms with Crippen molar-refractivity contribution in [2.24, 2.45) is 11.5 Å². The molecule has 202 valence electrons. The standard InChI is InChI=1S/C27H30FN9O2/c1-16-24(37-32-9-10-33-37)11-18(14-31-16)34-26-20(25(30)38)13-21(28)27(36-26)35-23-12-19(7-8-22(23)29)39-15-17-5-3-2-4-6-17/h2-6,9-11,13-14,19,22-23H,7-8,12,15,29H2,1H3,(H2,30,38)(H2,34,35,36). The van der Waals surface area contributed by atoms with Gasteiger partial charge in [-0.2, -0.15) is 10.2 Å². The minimum absolute atomic E-state index is 0.0407. The summed E-state index contributed by atoms with van der Waals surface area (Å²) in [5.74, 6) is -1.50. The van der Waals surface area contributed by atoms with Crippen LogP contribution in [-0.4, -0.2) is 49.1 Å². The fourth-order valence-corrected chi connectivity index (χ4v) is 4.58. The molecule has 3 aromatic heterocycles. The quantitative estimate of drug-likeness (QED) is 0.254. The van der Waals surface area contributed by atoms with Gasteiger partial charge in [-0.15, -0.1) is 4.80 Å². The molecule has 39 heavy (non-hydrogen) atoms. The van der Waals surface area contributed by atoms with Crippen molar-refractivity contribution in [2.45, 2.75) is 51.0 Å². The maximum Gasteiger partial charge on any atom is 0.252 e. The highest BCUT2D eigenvalue weighted by atomic mass is 19.1. The summed E-state index contributed by atoms with van der Waals surface area (Å²) in [6, 6.07) is 12.2. The van der Waals surface area contributed by atoms with E-state index < -0.39 is 11.7 Å². The number of amides is 1. The Balaban J connectivity index is 1.35. The van der Waals surface area contributed by atoms with Crippen LogP contribution in [0.15, 0.2) is 61.1 Å². The Hall–Kier alpha value is -4.42. The number of halogens is 1. The van der Waals surface area contributed by atoms with E-state index >= 15 is 4.39 Å². The van der Waals surface area contributed by atoms with E-state index in [1.165, 1.54) is 4.80 Å². The van der Waals surface area contributed by atoms with E-state index in [1.54, 1.807) is 24.7 Å². The van der Waals surface area contributed by atoms with Gasteiger partial charge in [0.2, 0.25) is 0 Å². The Labute approximate surface area is 224 Å². The lowest BCUT2D eigenvalue weighted by atomic mass is 9.88. The van der Waals surface area contributed by atoms with Crippen LogP contribution in [-0.2, 0) is 11.3 Å². The van der Waals surface area contributed by atoms with E-state index in [9.17, 15) is 4.79 Å². The second-order valence-electron chi connectivity index (χ2n) is 9.50. The number of aromatic nitrogens is 5. The molecule has 6 N–H and O–H groups in total. The highest BCUT2D eigenvalue weighted by Crippen LogP contribution is 2.28. The number of benzene rings is 1. The Morgan fingerprint density at radius 2 is 1.92 bits per heavy atom. The SMILES string of the molecule is Cc1ncc(Nc2nc(NC3CC(OCc4ccccc4)CCC3N)c(F)cc2C(N)=O)cc1-n1nccn1. The lowest BCUT2D eigenvalue weighted by Crippen LogP contribution is -2.47. The predicted molar refractivity (Wildman–Crippen MR) is 144 cm³/mol. The number of carbonyl (C=O) groups excluding carboxylic acids is 1. The van der Waals surface area contributed by atoms with Gasteiger partial charge in [-0.05, 0) is 43.9 Å². The van der Waals surface area contributed by atoms with E-state index in [4.69, 9.17) is 16.2 Å². The summed E-state index contributed by atoms with van der Waals surface area (Å²) in [4.78, 5) is 22.3. The molecule has 4 aromatic rings. The van der Waals surface area contributed by atoms with Crippen LogP contribution in [0.5, 0.6) is 0 Å². The number of nitrogens with two attached hydrogens (primary N) is 2. The molecule has 5 rings (SSSR count). The molecule has 1 saturated carbocycles. The van der Waals surface area contributed by atoms with E-state index in [2.05, 4.69) is 30.8 Å². The molecule has 0 aliphatic heterocycles. The monoisotopic (exact) mass is 531 g/mol. The van der Waals surface area contributed by atoms with Gasteiger partial charge >= 0.3 is 0 Å². The van der Waals surface area contributed by atoms with Crippen molar-refractivity contribution in [1.29, 1.82) is 0 Å². The summed E-state index contributed by atoms with van der Waals surface area (Å²) in [7, 11) is 0. The summed E-state index contributed by atoms with van der Waals surface area (Å²) in [6.45, 7) is 2.31. The van der Waals surface area contributed by atoms with Gasteiger partial charge < -0.3 is 26.8 Å². The zero-order chi connectivity index (χ0) is 27.4. The summed E-state index contributed by atoms with van der Waals surface area (Å²) in [5, 5.41) is 14.5. The fraction of sp³-hybridized carbons (Fsp3) is 0.296. The molecule has 3 heterocycles. The normalized spacial score (nSPS) is 19.0. The molecule has 1 amide bonds. The molecule has 1 fully saturated rings. The Morgan fingerprint density at radius 3 is 2.67 bits per heavy atom. The molecule has 0 bridgehead atoms. The van der Waals surface area contributed by atoms with Crippen LogP contribution in [0.4, 0.5) is 21.7 Å². The molecule has 3 unspecified atom stereocenters. The second kappa shape index (κ2) is 11.5. The number of primary amides is 1. The van der Waals surface area contributed by atoms with Gasteiger partial charge in [-0.25, -0.2) is 9.37 Å². The van der Waals surface area contributed by atoms with Crippen molar-refractivity contribution in [3.8, 4) is 5.69 Å². The van der Waals surface area contributed by atoms with Gasteiger partial charge in [0.05, 0.1) is 48.2 Å². The van der Waals surface area contributed by atoms with Crippen LogP contribution >= 0.6 is 0 Å². The van der Waals surface area contributed by atoms with Crippen LogP contribution in [0.2, 0.25) is 0 Å². The lowest BCUT2D eigenvalue weighted by molar-refractivity contribution is 0.0106. The second-order valence-corrected chi connectivity index (χ2v) is 9.50. The van der Waals surface area contributed by atoms with Gasteiger partial charge in [-0.3, -0.25) is 9.78 Å².